The van der Waals surface area contributed by atoms with Crippen LogP contribution in [0.2, 0.25) is 5.02 Å². The first-order chi connectivity index (χ1) is 10.0. The molecule has 4 nitrogen and oxygen atoms in total. The summed E-state index contributed by atoms with van der Waals surface area (Å²) in [6.07, 6.45) is 0. The minimum atomic E-state index is -1.11. The number of hydrogen-bond donors (Lipinski definition) is 2. The van der Waals surface area contributed by atoms with Gasteiger partial charge in [-0.25, -0.2) is 9.18 Å². The molecule has 0 saturated carbocycles. The average Bonchev–Trinajstić information content (AvgIpc) is 2.46. The summed E-state index contributed by atoms with van der Waals surface area (Å²) in [5, 5.41) is 20.9. The molecule has 0 aromatic heterocycles. The first-order valence-corrected chi connectivity index (χ1v) is 6.34. The van der Waals surface area contributed by atoms with Crippen LogP contribution < -0.4 is 5.32 Å². The lowest BCUT2D eigenvalue weighted by Gasteiger charge is -2.09. The molecule has 6 heteroatoms. The molecule has 0 spiro atoms. The van der Waals surface area contributed by atoms with E-state index in [1.54, 1.807) is 18.2 Å². The topological polar surface area (TPSA) is 73.1 Å². The summed E-state index contributed by atoms with van der Waals surface area (Å²) >= 11 is 5.90. The van der Waals surface area contributed by atoms with E-state index in [9.17, 15) is 9.18 Å². The molecule has 2 aromatic carbocycles. The smallest absolute Gasteiger partial charge is 0.335 e. The zero-order valence-electron chi connectivity index (χ0n) is 10.7. The van der Waals surface area contributed by atoms with Gasteiger partial charge in [-0.15, -0.1) is 0 Å². The second-order valence-corrected chi connectivity index (χ2v) is 4.68. The van der Waals surface area contributed by atoms with Crippen LogP contribution >= 0.6 is 11.6 Å². The van der Waals surface area contributed by atoms with Crippen molar-refractivity contribution < 1.29 is 14.3 Å². The third-order valence-electron chi connectivity index (χ3n) is 2.87. The molecule has 0 aliphatic rings. The van der Waals surface area contributed by atoms with Gasteiger partial charge in [-0.1, -0.05) is 11.6 Å². The highest BCUT2D eigenvalue weighted by atomic mass is 35.5. The van der Waals surface area contributed by atoms with Crippen LogP contribution in [0.1, 0.15) is 21.5 Å². The lowest BCUT2D eigenvalue weighted by molar-refractivity contribution is 0.0696. The number of carboxylic acid groups (broad SMARTS) is 1. The van der Waals surface area contributed by atoms with Crippen molar-refractivity contribution in [1.29, 1.82) is 5.26 Å². The van der Waals surface area contributed by atoms with Crippen LogP contribution in [0.4, 0.5) is 10.1 Å². The van der Waals surface area contributed by atoms with Gasteiger partial charge in [0, 0.05) is 17.8 Å². The van der Waals surface area contributed by atoms with Crippen molar-refractivity contribution in [3.05, 3.63) is 63.9 Å². The molecule has 2 aromatic rings. The normalized spacial score (nSPS) is 9.95. The first kappa shape index (κ1) is 14.8. The van der Waals surface area contributed by atoms with Gasteiger partial charge in [0.25, 0.3) is 0 Å². The maximum atomic E-state index is 13.6. The van der Waals surface area contributed by atoms with Gasteiger partial charge >= 0.3 is 5.97 Å². The van der Waals surface area contributed by atoms with Gasteiger partial charge in [0.15, 0.2) is 0 Å². The number of hydrogen-bond acceptors (Lipinski definition) is 3. The molecule has 0 amide bonds. The molecule has 0 aliphatic heterocycles. The van der Waals surface area contributed by atoms with Crippen LogP contribution in [0.15, 0.2) is 36.4 Å². The Morgan fingerprint density at radius 3 is 2.71 bits per heavy atom. The molecule has 0 radical (unpaired) electrons. The Morgan fingerprint density at radius 2 is 2.10 bits per heavy atom. The Balaban J connectivity index is 2.16. The Morgan fingerprint density at radius 1 is 1.33 bits per heavy atom. The lowest BCUT2D eigenvalue weighted by atomic mass is 10.1. The molecule has 0 fully saturated rings. The van der Waals surface area contributed by atoms with Crippen molar-refractivity contribution in [2.24, 2.45) is 0 Å². The second kappa shape index (κ2) is 6.25. The molecule has 0 saturated heterocycles. The number of carboxylic acids is 1. The lowest BCUT2D eigenvalue weighted by Crippen LogP contribution is -2.05. The zero-order valence-corrected chi connectivity index (χ0v) is 11.5. The van der Waals surface area contributed by atoms with Crippen LogP contribution in [0, 0.1) is 17.1 Å². The van der Waals surface area contributed by atoms with E-state index >= 15 is 0 Å². The van der Waals surface area contributed by atoms with Crippen molar-refractivity contribution >= 4 is 23.3 Å². The Hall–Kier alpha value is -2.58. The van der Waals surface area contributed by atoms with Crippen molar-refractivity contribution in [2.75, 3.05) is 5.32 Å². The van der Waals surface area contributed by atoms with Crippen LogP contribution in [0.3, 0.4) is 0 Å². The Bertz CT molecular complexity index is 741. The third kappa shape index (κ3) is 3.50. The number of benzene rings is 2. The van der Waals surface area contributed by atoms with E-state index in [0.29, 0.717) is 16.3 Å². The van der Waals surface area contributed by atoms with E-state index in [2.05, 4.69) is 5.32 Å². The van der Waals surface area contributed by atoms with E-state index in [4.69, 9.17) is 22.0 Å². The number of halogens is 2. The molecule has 0 unspecified atom stereocenters. The molecule has 21 heavy (non-hydrogen) atoms. The number of nitrogens with one attached hydrogen (secondary N) is 1. The monoisotopic (exact) mass is 304 g/mol. The molecular weight excluding hydrogens is 295 g/mol. The van der Waals surface area contributed by atoms with E-state index in [1.165, 1.54) is 12.1 Å². The van der Waals surface area contributed by atoms with Gasteiger partial charge < -0.3 is 10.4 Å². The molecule has 2 N–H and O–H groups in total. The van der Waals surface area contributed by atoms with Crippen molar-refractivity contribution in [1.82, 2.24) is 0 Å². The summed E-state index contributed by atoms with van der Waals surface area (Å²) < 4.78 is 13.6. The van der Waals surface area contributed by atoms with Gasteiger partial charge in [-0.2, -0.15) is 5.26 Å². The molecule has 0 heterocycles. The second-order valence-electron chi connectivity index (χ2n) is 4.27. The van der Waals surface area contributed by atoms with Gasteiger partial charge in [0.2, 0.25) is 0 Å². The summed E-state index contributed by atoms with van der Waals surface area (Å²) in [6, 6.07) is 10.3. The summed E-state index contributed by atoms with van der Waals surface area (Å²) in [4.78, 5) is 10.9. The number of carbonyl (C=O) groups is 1. The van der Waals surface area contributed by atoms with E-state index in [0.717, 1.165) is 6.07 Å². The average molecular weight is 305 g/mol. The number of anilines is 1. The quantitative estimate of drug-likeness (QED) is 0.904. The highest BCUT2D eigenvalue weighted by Crippen LogP contribution is 2.21. The van der Waals surface area contributed by atoms with Crippen LogP contribution in [0.5, 0.6) is 0 Å². The minimum Gasteiger partial charge on any atom is -0.478 e. The molecule has 0 aliphatic carbocycles. The summed E-state index contributed by atoms with van der Waals surface area (Å²) in [5.41, 5.74) is 1.21. The summed E-state index contributed by atoms with van der Waals surface area (Å²) in [7, 11) is 0. The Kier molecular flexibility index (Phi) is 4.41. The molecule has 2 rings (SSSR count). The van der Waals surface area contributed by atoms with E-state index < -0.39 is 11.8 Å². The van der Waals surface area contributed by atoms with Gasteiger partial charge in [0.05, 0.1) is 16.1 Å². The predicted molar refractivity (Wildman–Crippen MR) is 76.9 cm³/mol. The highest BCUT2D eigenvalue weighted by molar-refractivity contribution is 6.32. The fourth-order valence-corrected chi connectivity index (χ4v) is 1.98. The predicted octanol–water partition coefficient (Wildman–Crippen LogP) is 3.66. The number of nitriles is 1. The standard InChI is InChI=1S/C15H10ClFN2O2/c16-13-6-12(3-1-10(13)7-18)19-8-11-5-9(15(20)21)2-4-14(11)17/h1-6,19H,8H2,(H,20,21). The zero-order chi connectivity index (χ0) is 15.4. The van der Waals surface area contributed by atoms with Crippen molar-refractivity contribution in [2.45, 2.75) is 6.54 Å². The minimum absolute atomic E-state index is 0.0195. The fraction of sp³-hybridized carbons (Fsp3) is 0.0667. The molecular formula is C15H10ClFN2O2. The first-order valence-electron chi connectivity index (χ1n) is 5.96. The molecule has 0 atom stereocenters. The van der Waals surface area contributed by atoms with E-state index in [1.807, 2.05) is 6.07 Å². The van der Waals surface area contributed by atoms with Gasteiger partial charge in [0.1, 0.15) is 11.9 Å². The maximum absolute atomic E-state index is 13.6. The summed E-state index contributed by atoms with van der Waals surface area (Å²) in [6.45, 7) is 0.106. The Labute approximate surface area is 125 Å². The third-order valence-corrected chi connectivity index (χ3v) is 3.18. The largest absolute Gasteiger partial charge is 0.478 e. The highest BCUT2D eigenvalue weighted by Gasteiger charge is 2.08. The number of rotatable bonds is 4. The van der Waals surface area contributed by atoms with Crippen LogP contribution in [0.25, 0.3) is 0 Å². The number of aromatic carboxylic acids is 1. The summed E-state index contributed by atoms with van der Waals surface area (Å²) in [5.74, 6) is -1.61. The maximum Gasteiger partial charge on any atom is 0.335 e. The van der Waals surface area contributed by atoms with Crippen LogP contribution in [-0.2, 0) is 6.54 Å². The van der Waals surface area contributed by atoms with E-state index in [-0.39, 0.29) is 17.7 Å². The fourth-order valence-electron chi connectivity index (χ4n) is 1.76. The van der Waals surface area contributed by atoms with Crippen LogP contribution in [-0.4, -0.2) is 11.1 Å². The SMILES string of the molecule is N#Cc1ccc(NCc2cc(C(=O)O)ccc2F)cc1Cl. The van der Waals surface area contributed by atoms with Crippen molar-refractivity contribution in [3.63, 3.8) is 0 Å². The molecule has 106 valence electrons. The van der Waals surface area contributed by atoms with Crippen molar-refractivity contribution in [3.8, 4) is 6.07 Å². The van der Waals surface area contributed by atoms with Gasteiger partial charge in [-0.3, -0.25) is 0 Å². The van der Waals surface area contributed by atoms with Gasteiger partial charge in [-0.05, 0) is 36.4 Å². The number of nitrogens with zero attached hydrogens (tertiary/aromatic N) is 1. The molecule has 0 bridgehead atoms.